The van der Waals surface area contributed by atoms with Crippen LogP contribution < -0.4 is 4.74 Å². The van der Waals surface area contributed by atoms with Gasteiger partial charge >= 0.3 is 0 Å². The summed E-state index contributed by atoms with van der Waals surface area (Å²) in [6.07, 6.45) is 4.38. The number of phenolic OH excluding ortho intramolecular Hbond substituents is 1. The Kier molecular flexibility index (Phi) is 6.47. The van der Waals surface area contributed by atoms with Crippen LogP contribution in [0.4, 0.5) is 0 Å². The lowest BCUT2D eigenvalue weighted by atomic mass is 10.1. The maximum Gasteiger partial charge on any atom is 0.160 e. The second kappa shape index (κ2) is 9.01. The summed E-state index contributed by atoms with van der Waals surface area (Å²) in [7, 11) is 1.57. The van der Waals surface area contributed by atoms with Crippen LogP contribution in [-0.2, 0) is 13.1 Å². The molecule has 3 rings (SSSR count). The summed E-state index contributed by atoms with van der Waals surface area (Å²) in [6.45, 7) is 7.14. The molecule has 5 heteroatoms. The zero-order valence-corrected chi connectivity index (χ0v) is 15.8. The van der Waals surface area contributed by atoms with Crippen molar-refractivity contribution in [2.75, 3.05) is 26.7 Å². The molecular formula is C21H29N3O2. The number of benzene rings is 1. The smallest absolute Gasteiger partial charge is 0.160 e. The third kappa shape index (κ3) is 4.74. The lowest BCUT2D eigenvalue weighted by Gasteiger charge is -2.30. The molecule has 140 valence electrons. The van der Waals surface area contributed by atoms with Crippen LogP contribution >= 0.6 is 0 Å². The van der Waals surface area contributed by atoms with Crippen molar-refractivity contribution in [3.63, 3.8) is 0 Å². The van der Waals surface area contributed by atoms with Gasteiger partial charge in [0, 0.05) is 31.9 Å². The van der Waals surface area contributed by atoms with Gasteiger partial charge in [0.25, 0.3) is 0 Å². The molecule has 1 aromatic heterocycles. The number of phenols is 1. The maximum absolute atomic E-state index is 10.1. The molecule has 0 spiro atoms. The fraction of sp³-hybridized carbons (Fsp3) is 0.476. The highest BCUT2D eigenvalue weighted by molar-refractivity contribution is 5.41. The highest BCUT2D eigenvalue weighted by Gasteiger charge is 2.25. The van der Waals surface area contributed by atoms with Crippen LogP contribution in [0.25, 0.3) is 0 Å². The van der Waals surface area contributed by atoms with Gasteiger partial charge in [0.1, 0.15) is 0 Å². The molecule has 1 atom stereocenters. The summed E-state index contributed by atoms with van der Waals surface area (Å²) < 4.78 is 5.16. The van der Waals surface area contributed by atoms with Crippen LogP contribution in [0.2, 0.25) is 0 Å². The Hall–Kier alpha value is -2.11. The molecule has 5 nitrogen and oxygen atoms in total. The highest BCUT2D eigenvalue weighted by Crippen LogP contribution is 2.27. The van der Waals surface area contributed by atoms with Gasteiger partial charge in [-0.25, -0.2) is 0 Å². The van der Waals surface area contributed by atoms with E-state index in [1.807, 2.05) is 30.5 Å². The summed E-state index contributed by atoms with van der Waals surface area (Å²) in [4.78, 5) is 9.49. The van der Waals surface area contributed by atoms with E-state index in [0.29, 0.717) is 11.8 Å². The summed E-state index contributed by atoms with van der Waals surface area (Å²) in [6, 6.07) is 12.3. The maximum atomic E-state index is 10.1. The number of hydrogen-bond acceptors (Lipinski definition) is 5. The van der Waals surface area contributed by atoms with Crippen molar-refractivity contribution >= 4 is 0 Å². The second-order valence-corrected chi connectivity index (χ2v) is 6.92. The van der Waals surface area contributed by atoms with Gasteiger partial charge in [0.2, 0.25) is 0 Å². The number of likely N-dealkylation sites (tertiary alicyclic amines) is 1. The normalized spacial score (nSPS) is 17.7. The van der Waals surface area contributed by atoms with Crippen LogP contribution in [0.15, 0.2) is 42.6 Å². The first-order valence-electron chi connectivity index (χ1n) is 9.41. The van der Waals surface area contributed by atoms with Crippen molar-refractivity contribution in [1.29, 1.82) is 0 Å². The molecule has 2 heterocycles. The predicted molar refractivity (Wildman–Crippen MR) is 103 cm³/mol. The number of aromatic hydroxyl groups is 1. The minimum absolute atomic E-state index is 0.193. The molecule has 1 aromatic carbocycles. The van der Waals surface area contributed by atoms with E-state index in [0.717, 1.165) is 37.4 Å². The second-order valence-electron chi connectivity index (χ2n) is 6.92. The zero-order valence-electron chi connectivity index (χ0n) is 15.8. The van der Waals surface area contributed by atoms with Crippen LogP contribution in [0.1, 0.15) is 31.0 Å². The van der Waals surface area contributed by atoms with Gasteiger partial charge in [-0.15, -0.1) is 0 Å². The number of pyridine rings is 1. The molecule has 1 N–H and O–H groups in total. The molecule has 1 fully saturated rings. The Morgan fingerprint density at radius 3 is 2.85 bits per heavy atom. The van der Waals surface area contributed by atoms with Gasteiger partial charge in [0.15, 0.2) is 11.5 Å². The van der Waals surface area contributed by atoms with Crippen molar-refractivity contribution in [2.24, 2.45) is 0 Å². The van der Waals surface area contributed by atoms with Crippen molar-refractivity contribution < 1.29 is 9.84 Å². The number of ether oxygens (including phenoxy) is 1. The molecule has 0 bridgehead atoms. The van der Waals surface area contributed by atoms with Gasteiger partial charge in [-0.1, -0.05) is 19.1 Å². The van der Waals surface area contributed by atoms with Gasteiger partial charge in [0.05, 0.1) is 12.8 Å². The zero-order chi connectivity index (χ0) is 18.4. The Morgan fingerprint density at radius 1 is 1.27 bits per heavy atom. The van der Waals surface area contributed by atoms with E-state index in [-0.39, 0.29) is 5.75 Å². The quantitative estimate of drug-likeness (QED) is 0.787. The van der Waals surface area contributed by atoms with E-state index < -0.39 is 0 Å². The molecule has 2 aromatic rings. The molecule has 1 saturated heterocycles. The molecule has 0 radical (unpaired) electrons. The topological polar surface area (TPSA) is 48.8 Å². The standard InChI is InChI=1S/C21H29N3O2/c1-3-24-12-6-8-19(24)16-23(15-18-7-4-5-11-22-18)14-17-9-10-21(26-2)20(25)13-17/h4-5,7,9-11,13,19,25H,3,6,8,12,14-16H2,1-2H3. The van der Waals surface area contributed by atoms with Crippen molar-refractivity contribution in [1.82, 2.24) is 14.8 Å². The molecule has 1 unspecified atom stereocenters. The Labute approximate surface area is 156 Å². The molecule has 0 aliphatic carbocycles. The van der Waals surface area contributed by atoms with Crippen molar-refractivity contribution in [3.05, 3.63) is 53.9 Å². The minimum atomic E-state index is 0.193. The summed E-state index contributed by atoms with van der Waals surface area (Å²) in [5.41, 5.74) is 2.16. The Balaban J connectivity index is 1.74. The van der Waals surface area contributed by atoms with E-state index in [9.17, 15) is 5.11 Å². The monoisotopic (exact) mass is 355 g/mol. The number of hydrogen-bond donors (Lipinski definition) is 1. The average Bonchev–Trinajstić information content (AvgIpc) is 3.10. The molecule has 1 aliphatic heterocycles. The van der Waals surface area contributed by atoms with Crippen molar-refractivity contribution in [3.8, 4) is 11.5 Å². The van der Waals surface area contributed by atoms with Gasteiger partial charge in [-0.3, -0.25) is 14.8 Å². The Morgan fingerprint density at radius 2 is 2.15 bits per heavy atom. The van der Waals surface area contributed by atoms with E-state index in [1.54, 1.807) is 13.2 Å². The van der Waals surface area contributed by atoms with E-state index in [1.165, 1.54) is 19.4 Å². The Bertz CT molecular complexity index is 693. The molecule has 26 heavy (non-hydrogen) atoms. The van der Waals surface area contributed by atoms with Crippen molar-refractivity contribution in [2.45, 2.75) is 38.9 Å². The van der Waals surface area contributed by atoms with E-state index in [4.69, 9.17) is 4.74 Å². The van der Waals surface area contributed by atoms with Crippen LogP contribution in [0.3, 0.4) is 0 Å². The lowest BCUT2D eigenvalue weighted by Crippen LogP contribution is -2.39. The van der Waals surface area contributed by atoms with Crippen LogP contribution in [0.5, 0.6) is 11.5 Å². The number of nitrogens with zero attached hydrogens (tertiary/aromatic N) is 3. The minimum Gasteiger partial charge on any atom is -0.504 e. The first kappa shape index (κ1) is 18.7. The van der Waals surface area contributed by atoms with Crippen LogP contribution in [0, 0.1) is 0 Å². The van der Waals surface area contributed by atoms with E-state index >= 15 is 0 Å². The van der Waals surface area contributed by atoms with Gasteiger partial charge in [-0.2, -0.15) is 0 Å². The first-order valence-corrected chi connectivity index (χ1v) is 9.41. The number of methoxy groups -OCH3 is 1. The average molecular weight is 355 g/mol. The fourth-order valence-electron chi connectivity index (χ4n) is 3.81. The first-order chi connectivity index (χ1) is 12.7. The fourth-order valence-corrected chi connectivity index (χ4v) is 3.81. The molecule has 0 amide bonds. The molecular weight excluding hydrogens is 326 g/mol. The molecule has 1 aliphatic rings. The SMILES string of the molecule is CCN1CCCC1CN(Cc1ccc(OC)c(O)c1)Cc1ccccn1. The number of likely N-dealkylation sites (N-methyl/N-ethyl adjacent to an activating group) is 1. The third-order valence-corrected chi connectivity index (χ3v) is 5.14. The lowest BCUT2D eigenvalue weighted by molar-refractivity contribution is 0.164. The summed E-state index contributed by atoms with van der Waals surface area (Å²) >= 11 is 0. The number of rotatable bonds is 8. The van der Waals surface area contributed by atoms with Gasteiger partial charge in [-0.05, 0) is 55.8 Å². The van der Waals surface area contributed by atoms with E-state index in [2.05, 4.69) is 27.8 Å². The van der Waals surface area contributed by atoms with Crippen LogP contribution in [-0.4, -0.2) is 52.7 Å². The van der Waals surface area contributed by atoms with Gasteiger partial charge < -0.3 is 9.84 Å². The third-order valence-electron chi connectivity index (χ3n) is 5.14. The molecule has 0 saturated carbocycles. The highest BCUT2D eigenvalue weighted by atomic mass is 16.5. The number of aromatic nitrogens is 1. The summed E-state index contributed by atoms with van der Waals surface area (Å²) in [5, 5.41) is 10.1. The predicted octanol–water partition coefficient (Wildman–Crippen LogP) is 3.28. The summed E-state index contributed by atoms with van der Waals surface area (Å²) in [5.74, 6) is 0.705. The largest absolute Gasteiger partial charge is 0.504 e.